The molecule has 1 aromatic heterocycles. The van der Waals surface area contributed by atoms with Crippen molar-refractivity contribution in [1.29, 1.82) is 0 Å². The van der Waals surface area contributed by atoms with Crippen LogP contribution in [0.25, 0.3) is 0 Å². The van der Waals surface area contributed by atoms with Crippen LogP contribution in [-0.2, 0) is 0 Å². The van der Waals surface area contributed by atoms with E-state index >= 15 is 0 Å². The Hall–Kier alpha value is -0.800. The summed E-state index contributed by atoms with van der Waals surface area (Å²) in [6, 6.07) is 3.38. The second-order valence-corrected chi connectivity index (χ2v) is 5.25. The van der Waals surface area contributed by atoms with Gasteiger partial charge in [0.05, 0.1) is 5.02 Å². The van der Waals surface area contributed by atoms with E-state index in [0.717, 1.165) is 19.3 Å². The second kappa shape index (κ2) is 5.23. The number of hydrogen-bond acceptors (Lipinski definition) is 2. The molecule has 0 aromatic carbocycles. The van der Waals surface area contributed by atoms with Gasteiger partial charge in [0.2, 0.25) is 0 Å². The minimum atomic E-state index is -0.240. The molecule has 1 saturated carbocycles. The average Bonchev–Trinajstić information content (AvgIpc) is 2.68. The Labute approximate surface area is 111 Å². The molecule has 0 aliphatic heterocycles. The molecule has 2 atom stereocenters. The molecule has 0 saturated heterocycles. The van der Waals surface area contributed by atoms with Crippen LogP contribution in [0.15, 0.2) is 12.1 Å². The first-order valence-electron chi connectivity index (χ1n) is 5.71. The van der Waals surface area contributed by atoms with Crippen LogP contribution >= 0.6 is 23.2 Å². The van der Waals surface area contributed by atoms with Gasteiger partial charge in [0, 0.05) is 6.04 Å². The van der Waals surface area contributed by atoms with Gasteiger partial charge in [0.15, 0.2) is 0 Å². The molecule has 2 unspecified atom stereocenters. The maximum absolute atomic E-state index is 12.0. The second-order valence-electron chi connectivity index (χ2n) is 4.45. The zero-order valence-electron chi connectivity index (χ0n) is 9.54. The van der Waals surface area contributed by atoms with E-state index in [1.54, 1.807) is 12.1 Å². The van der Waals surface area contributed by atoms with Gasteiger partial charge >= 0.3 is 0 Å². The van der Waals surface area contributed by atoms with E-state index in [9.17, 15) is 4.79 Å². The highest BCUT2D eigenvalue weighted by atomic mass is 35.5. The fourth-order valence-corrected chi connectivity index (χ4v) is 2.51. The molecule has 1 amide bonds. The Morgan fingerprint density at radius 2 is 2.18 bits per heavy atom. The smallest absolute Gasteiger partial charge is 0.271 e. The summed E-state index contributed by atoms with van der Waals surface area (Å²) in [5, 5.41) is 3.58. The van der Waals surface area contributed by atoms with Gasteiger partial charge in [-0.3, -0.25) is 4.79 Å². The average molecular weight is 273 g/mol. The molecule has 2 rings (SSSR count). The summed E-state index contributed by atoms with van der Waals surface area (Å²) in [6.45, 7) is 2.14. The summed E-state index contributed by atoms with van der Waals surface area (Å²) in [4.78, 5) is 16.0. The molecule has 0 bridgehead atoms. The monoisotopic (exact) mass is 272 g/mol. The molecule has 0 radical (unpaired) electrons. The van der Waals surface area contributed by atoms with Crippen LogP contribution in [0.3, 0.4) is 0 Å². The van der Waals surface area contributed by atoms with Crippen LogP contribution < -0.4 is 5.32 Å². The SMILES string of the molecule is CC1CCCC1NC(=O)c1nc(Cl)ccc1Cl. The number of carbonyl (C=O) groups is 1. The normalized spacial score (nSPS) is 23.7. The van der Waals surface area contributed by atoms with Crippen molar-refractivity contribution in [2.75, 3.05) is 0 Å². The molecule has 1 fully saturated rings. The molecule has 5 heteroatoms. The van der Waals surface area contributed by atoms with Crippen molar-refractivity contribution in [1.82, 2.24) is 10.3 Å². The molecular formula is C12H14Cl2N2O. The minimum absolute atomic E-state index is 0.207. The standard InChI is InChI=1S/C12H14Cl2N2O/c1-7-3-2-4-9(7)15-12(17)11-8(13)5-6-10(14)16-11/h5-7,9H,2-4H2,1H3,(H,15,17). The summed E-state index contributed by atoms with van der Waals surface area (Å²) in [5.74, 6) is 0.271. The van der Waals surface area contributed by atoms with E-state index in [2.05, 4.69) is 17.2 Å². The highest BCUT2D eigenvalue weighted by Gasteiger charge is 2.26. The molecule has 92 valence electrons. The number of amides is 1. The van der Waals surface area contributed by atoms with Gasteiger partial charge in [0.1, 0.15) is 10.8 Å². The number of halogens is 2. The fraction of sp³-hybridized carbons (Fsp3) is 0.500. The van der Waals surface area contributed by atoms with Gasteiger partial charge in [-0.15, -0.1) is 0 Å². The molecule has 17 heavy (non-hydrogen) atoms. The number of rotatable bonds is 2. The first kappa shape index (κ1) is 12.7. The quantitative estimate of drug-likeness (QED) is 0.840. The van der Waals surface area contributed by atoms with Crippen LogP contribution in [0, 0.1) is 5.92 Å². The van der Waals surface area contributed by atoms with Crippen molar-refractivity contribution in [2.45, 2.75) is 32.2 Å². The third-order valence-electron chi connectivity index (χ3n) is 3.21. The third kappa shape index (κ3) is 2.90. The fourth-order valence-electron chi connectivity index (χ4n) is 2.17. The van der Waals surface area contributed by atoms with E-state index in [4.69, 9.17) is 23.2 Å². The predicted molar refractivity (Wildman–Crippen MR) is 68.5 cm³/mol. The third-order valence-corrected chi connectivity index (χ3v) is 3.72. The van der Waals surface area contributed by atoms with E-state index in [-0.39, 0.29) is 22.8 Å². The lowest BCUT2D eigenvalue weighted by molar-refractivity contribution is 0.0925. The number of carbonyl (C=O) groups excluding carboxylic acids is 1. The van der Waals surface area contributed by atoms with Crippen molar-refractivity contribution in [3.63, 3.8) is 0 Å². The van der Waals surface area contributed by atoms with E-state index in [0.29, 0.717) is 10.9 Å². The first-order chi connectivity index (χ1) is 8.08. The van der Waals surface area contributed by atoms with Gasteiger partial charge in [-0.1, -0.05) is 36.5 Å². The Balaban J connectivity index is 2.11. The molecule has 3 nitrogen and oxygen atoms in total. The van der Waals surface area contributed by atoms with Gasteiger partial charge in [-0.25, -0.2) is 4.98 Å². The van der Waals surface area contributed by atoms with E-state index in [1.807, 2.05) is 0 Å². The Kier molecular flexibility index (Phi) is 3.89. The number of aromatic nitrogens is 1. The number of pyridine rings is 1. The molecule has 0 spiro atoms. The largest absolute Gasteiger partial charge is 0.348 e. The Morgan fingerprint density at radius 3 is 2.82 bits per heavy atom. The predicted octanol–water partition coefficient (Wildman–Crippen LogP) is 3.31. The Bertz CT molecular complexity index is 437. The maximum atomic E-state index is 12.0. The zero-order valence-corrected chi connectivity index (χ0v) is 11.1. The highest BCUT2D eigenvalue weighted by molar-refractivity contribution is 6.34. The van der Waals surface area contributed by atoms with Crippen LogP contribution in [0.4, 0.5) is 0 Å². The topological polar surface area (TPSA) is 42.0 Å². The minimum Gasteiger partial charge on any atom is -0.348 e. The van der Waals surface area contributed by atoms with Gasteiger partial charge < -0.3 is 5.32 Å². The van der Waals surface area contributed by atoms with Crippen LogP contribution in [0.2, 0.25) is 10.2 Å². The zero-order chi connectivity index (χ0) is 12.4. The van der Waals surface area contributed by atoms with Crippen molar-refractivity contribution in [2.24, 2.45) is 5.92 Å². The highest BCUT2D eigenvalue weighted by Crippen LogP contribution is 2.25. The summed E-state index contributed by atoms with van der Waals surface area (Å²) in [5.41, 5.74) is 0.207. The van der Waals surface area contributed by atoms with E-state index in [1.165, 1.54) is 0 Å². The van der Waals surface area contributed by atoms with Crippen molar-refractivity contribution in [3.05, 3.63) is 28.0 Å². The van der Waals surface area contributed by atoms with Crippen LogP contribution in [-0.4, -0.2) is 16.9 Å². The van der Waals surface area contributed by atoms with Crippen molar-refractivity contribution in [3.8, 4) is 0 Å². The van der Waals surface area contributed by atoms with Crippen molar-refractivity contribution < 1.29 is 4.79 Å². The van der Waals surface area contributed by atoms with Gasteiger partial charge in [0.25, 0.3) is 5.91 Å². The Morgan fingerprint density at radius 1 is 1.41 bits per heavy atom. The van der Waals surface area contributed by atoms with Crippen LogP contribution in [0.1, 0.15) is 36.7 Å². The van der Waals surface area contributed by atoms with Gasteiger partial charge in [-0.2, -0.15) is 0 Å². The molecule has 1 aliphatic carbocycles. The lowest BCUT2D eigenvalue weighted by Gasteiger charge is -2.17. The summed E-state index contributed by atoms with van der Waals surface area (Å²) < 4.78 is 0. The molecule has 1 heterocycles. The molecule has 1 N–H and O–H groups in total. The summed E-state index contributed by atoms with van der Waals surface area (Å²) in [6.07, 6.45) is 3.33. The number of nitrogens with zero attached hydrogens (tertiary/aromatic N) is 1. The molecule has 1 aliphatic rings. The number of nitrogens with one attached hydrogen (secondary N) is 1. The van der Waals surface area contributed by atoms with Crippen LogP contribution in [0.5, 0.6) is 0 Å². The first-order valence-corrected chi connectivity index (χ1v) is 6.46. The molecular weight excluding hydrogens is 259 g/mol. The summed E-state index contributed by atoms with van der Waals surface area (Å²) >= 11 is 11.7. The summed E-state index contributed by atoms with van der Waals surface area (Å²) in [7, 11) is 0. The molecule has 1 aromatic rings. The lowest BCUT2D eigenvalue weighted by atomic mass is 10.1. The number of hydrogen-bond donors (Lipinski definition) is 1. The van der Waals surface area contributed by atoms with E-state index < -0.39 is 0 Å². The lowest BCUT2D eigenvalue weighted by Crippen LogP contribution is -2.37. The van der Waals surface area contributed by atoms with Gasteiger partial charge in [-0.05, 0) is 30.9 Å². The maximum Gasteiger partial charge on any atom is 0.271 e. The van der Waals surface area contributed by atoms with Crippen molar-refractivity contribution >= 4 is 29.1 Å².